The van der Waals surface area contributed by atoms with E-state index in [1.807, 2.05) is 37.3 Å². The van der Waals surface area contributed by atoms with Crippen LogP contribution >= 0.6 is 0 Å². The van der Waals surface area contributed by atoms with Crippen LogP contribution in [0, 0.1) is 12.7 Å². The second-order valence-corrected chi connectivity index (χ2v) is 7.81. The van der Waals surface area contributed by atoms with Gasteiger partial charge in [-0.2, -0.15) is 5.10 Å². The highest BCUT2D eigenvalue weighted by molar-refractivity contribution is 5.43. The van der Waals surface area contributed by atoms with Crippen molar-refractivity contribution in [1.82, 2.24) is 14.7 Å². The van der Waals surface area contributed by atoms with Crippen LogP contribution in [0.3, 0.4) is 0 Å². The average molecular weight is 428 g/mol. The van der Waals surface area contributed by atoms with E-state index in [1.54, 1.807) is 23.9 Å². The summed E-state index contributed by atoms with van der Waals surface area (Å²) in [5, 5.41) is 15.0. The lowest BCUT2D eigenvalue weighted by Crippen LogP contribution is -2.38. The van der Waals surface area contributed by atoms with E-state index in [2.05, 4.69) is 18.7 Å². The molecule has 0 amide bonds. The zero-order valence-electron chi connectivity index (χ0n) is 18.5. The summed E-state index contributed by atoms with van der Waals surface area (Å²) in [4.78, 5) is 2.14. The summed E-state index contributed by atoms with van der Waals surface area (Å²) in [6.45, 7) is 7.30. The summed E-state index contributed by atoms with van der Waals surface area (Å²) in [6, 6.07) is 15.9. The number of aryl methyl sites for hydroxylation is 1. The highest BCUT2D eigenvalue weighted by Gasteiger charge is 2.24. The van der Waals surface area contributed by atoms with Crippen molar-refractivity contribution in [1.29, 1.82) is 0 Å². The number of aromatic nitrogens is 2. The van der Waals surface area contributed by atoms with Crippen molar-refractivity contribution >= 4 is 0 Å². The standard InChI is InChI=1S/C24H30FN3O3/c1-17(2)27(14-21(29)16-30-4)15-23-18(3)26-28(20-10-6-5-7-11-20)24(23)31-22-12-8-9-19(25)13-22/h5-13,17,21,29H,14-16H2,1-4H3/t21-/m0/s1. The highest BCUT2D eigenvalue weighted by atomic mass is 19.1. The van der Waals surface area contributed by atoms with E-state index < -0.39 is 6.10 Å². The van der Waals surface area contributed by atoms with Gasteiger partial charge in [0.2, 0.25) is 5.88 Å². The van der Waals surface area contributed by atoms with Crippen LogP contribution in [-0.2, 0) is 11.3 Å². The minimum absolute atomic E-state index is 0.174. The van der Waals surface area contributed by atoms with Gasteiger partial charge in [-0.15, -0.1) is 0 Å². The number of para-hydroxylation sites is 1. The van der Waals surface area contributed by atoms with Gasteiger partial charge in [-0.1, -0.05) is 24.3 Å². The van der Waals surface area contributed by atoms with Gasteiger partial charge in [0.15, 0.2) is 0 Å². The normalized spacial score (nSPS) is 12.5. The first-order valence-corrected chi connectivity index (χ1v) is 10.4. The number of hydrogen-bond donors (Lipinski definition) is 1. The third-order valence-corrected chi connectivity index (χ3v) is 5.04. The molecule has 1 atom stereocenters. The first-order chi connectivity index (χ1) is 14.9. The Hall–Kier alpha value is -2.74. The van der Waals surface area contributed by atoms with Gasteiger partial charge in [0.25, 0.3) is 0 Å². The molecule has 0 saturated heterocycles. The van der Waals surface area contributed by atoms with Crippen LogP contribution in [0.4, 0.5) is 4.39 Å². The second-order valence-electron chi connectivity index (χ2n) is 7.81. The molecule has 6 nitrogen and oxygen atoms in total. The van der Waals surface area contributed by atoms with Crippen molar-refractivity contribution in [3.8, 4) is 17.3 Å². The van der Waals surface area contributed by atoms with Crippen LogP contribution in [-0.4, -0.2) is 52.2 Å². The van der Waals surface area contributed by atoms with E-state index in [1.165, 1.54) is 12.1 Å². The maximum Gasteiger partial charge on any atom is 0.227 e. The number of benzene rings is 2. The fraction of sp³-hybridized carbons (Fsp3) is 0.375. The minimum Gasteiger partial charge on any atom is -0.438 e. The smallest absolute Gasteiger partial charge is 0.227 e. The lowest BCUT2D eigenvalue weighted by molar-refractivity contribution is 0.0277. The number of aliphatic hydroxyl groups excluding tert-OH is 1. The van der Waals surface area contributed by atoms with Crippen LogP contribution in [0.1, 0.15) is 25.1 Å². The van der Waals surface area contributed by atoms with Crippen molar-refractivity contribution < 1.29 is 19.0 Å². The number of nitrogens with zero attached hydrogens (tertiary/aromatic N) is 3. The Morgan fingerprint density at radius 1 is 1.13 bits per heavy atom. The van der Waals surface area contributed by atoms with E-state index in [9.17, 15) is 9.50 Å². The number of methoxy groups -OCH3 is 1. The molecule has 31 heavy (non-hydrogen) atoms. The molecule has 0 fully saturated rings. The maximum atomic E-state index is 13.8. The second kappa shape index (κ2) is 10.5. The highest BCUT2D eigenvalue weighted by Crippen LogP contribution is 2.32. The lowest BCUT2D eigenvalue weighted by Gasteiger charge is -2.28. The predicted molar refractivity (Wildman–Crippen MR) is 118 cm³/mol. The van der Waals surface area contributed by atoms with Crippen molar-refractivity contribution in [3.63, 3.8) is 0 Å². The quantitative estimate of drug-likeness (QED) is 0.522. The number of ether oxygens (including phenoxy) is 2. The molecular weight excluding hydrogens is 397 g/mol. The predicted octanol–water partition coefficient (Wildman–Crippen LogP) is 4.33. The first kappa shape index (κ1) is 22.9. The molecule has 0 spiro atoms. The molecule has 1 N–H and O–H groups in total. The van der Waals surface area contributed by atoms with E-state index >= 15 is 0 Å². The van der Waals surface area contributed by atoms with E-state index in [4.69, 9.17) is 14.6 Å². The third kappa shape index (κ3) is 5.91. The average Bonchev–Trinajstić information content (AvgIpc) is 3.03. The van der Waals surface area contributed by atoms with Crippen molar-refractivity contribution in [2.24, 2.45) is 0 Å². The maximum absolute atomic E-state index is 13.8. The Bertz CT molecular complexity index is 975. The summed E-state index contributed by atoms with van der Waals surface area (Å²) in [5.41, 5.74) is 2.53. The molecule has 7 heteroatoms. The van der Waals surface area contributed by atoms with Crippen molar-refractivity contribution in [2.75, 3.05) is 20.3 Å². The first-order valence-electron chi connectivity index (χ1n) is 10.4. The van der Waals surface area contributed by atoms with Crippen LogP contribution in [0.15, 0.2) is 54.6 Å². The van der Waals surface area contributed by atoms with E-state index in [0.29, 0.717) is 24.7 Å². The lowest BCUT2D eigenvalue weighted by atomic mass is 10.2. The molecule has 3 aromatic rings. The molecule has 0 aliphatic heterocycles. The molecule has 166 valence electrons. The van der Waals surface area contributed by atoms with Gasteiger partial charge in [0.05, 0.1) is 29.7 Å². The van der Waals surface area contributed by atoms with Gasteiger partial charge in [0.1, 0.15) is 11.6 Å². The number of halogens is 1. The zero-order chi connectivity index (χ0) is 22.4. The van der Waals surface area contributed by atoms with Crippen LogP contribution in [0.2, 0.25) is 0 Å². The summed E-state index contributed by atoms with van der Waals surface area (Å²) in [6.07, 6.45) is -0.607. The summed E-state index contributed by atoms with van der Waals surface area (Å²) < 4.78 is 26.8. The summed E-state index contributed by atoms with van der Waals surface area (Å²) in [5.74, 6) is 0.558. The van der Waals surface area contributed by atoms with E-state index in [0.717, 1.165) is 16.9 Å². The molecule has 0 saturated carbocycles. The monoisotopic (exact) mass is 427 g/mol. The SMILES string of the molecule is COC[C@@H](O)CN(Cc1c(C)nn(-c2ccccc2)c1Oc1cccc(F)c1)C(C)C. The fourth-order valence-corrected chi connectivity index (χ4v) is 3.39. The van der Waals surface area contributed by atoms with Crippen LogP contribution in [0.5, 0.6) is 11.6 Å². The molecular formula is C24H30FN3O3. The van der Waals surface area contributed by atoms with Crippen LogP contribution < -0.4 is 4.74 Å². The molecule has 0 aliphatic carbocycles. The van der Waals surface area contributed by atoms with Gasteiger partial charge in [0, 0.05) is 32.3 Å². The zero-order valence-corrected chi connectivity index (χ0v) is 18.5. The Morgan fingerprint density at radius 2 is 1.87 bits per heavy atom. The minimum atomic E-state index is -0.607. The molecule has 0 aliphatic rings. The van der Waals surface area contributed by atoms with Crippen molar-refractivity contribution in [3.05, 3.63) is 71.7 Å². The van der Waals surface area contributed by atoms with E-state index in [-0.39, 0.29) is 18.5 Å². The third-order valence-electron chi connectivity index (χ3n) is 5.04. The largest absolute Gasteiger partial charge is 0.438 e. The van der Waals surface area contributed by atoms with Gasteiger partial charge < -0.3 is 14.6 Å². The number of hydrogen-bond acceptors (Lipinski definition) is 5. The molecule has 0 bridgehead atoms. The summed E-state index contributed by atoms with van der Waals surface area (Å²) >= 11 is 0. The Kier molecular flexibility index (Phi) is 7.79. The Balaban J connectivity index is 2.01. The molecule has 2 aromatic carbocycles. The molecule has 0 radical (unpaired) electrons. The molecule has 0 unspecified atom stereocenters. The van der Waals surface area contributed by atoms with Crippen LogP contribution in [0.25, 0.3) is 5.69 Å². The van der Waals surface area contributed by atoms with Crippen molar-refractivity contribution in [2.45, 2.75) is 39.5 Å². The van der Waals surface area contributed by atoms with Gasteiger partial charge in [-0.25, -0.2) is 9.07 Å². The molecule has 1 heterocycles. The topological polar surface area (TPSA) is 59.8 Å². The number of aliphatic hydroxyl groups is 1. The van der Waals surface area contributed by atoms with Gasteiger partial charge >= 0.3 is 0 Å². The van der Waals surface area contributed by atoms with Gasteiger partial charge in [-0.3, -0.25) is 4.90 Å². The fourth-order valence-electron chi connectivity index (χ4n) is 3.39. The summed E-state index contributed by atoms with van der Waals surface area (Å²) in [7, 11) is 1.57. The molecule has 1 aromatic heterocycles. The Morgan fingerprint density at radius 3 is 2.52 bits per heavy atom. The van der Waals surface area contributed by atoms with Gasteiger partial charge in [-0.05, 0) is 45.0 Å². The Labute approximate surface area is 182 Å². The number of rotatable bonds is 10. The molecule has 3 rings (SSSR count).